The number of unbranched alkanes of at least 4 members (excludes halogenated alkanes) is 30. The number of aliphatic hydroxyl groups excluding tert-OH is 8. The highest BCUT2D eigenvalue weighted by molar-refractivity contribution is 5.76. The maximum atomic E-state index is 13.3. The van der Waals surface area contributed by atoms with Gasteiger partial charge in [-0.05, 0) is 89.9 Å². The van der Waals surface area contributed by atoms with Crippen LogP contribution in [0.25, 0.3) is 0 Å². The first kappa shape index (κ1) is 83.7. The summed E-state index contributed by atoms with van der Waals surface area (Å²) in [6.07, 6.45) is 70.0. The molecule has 2 aliphatic rings. The molecule has 2 heterocycles. The summed E-state index contributed by atoms with van der Waals surface area (Å²) < 4.78 is 22.8. The van der Waals surface area contributed by atoms with Crippen LogP contribution in [-0.2, 0) is 23.7 Å². The van der Waals surface area contributed by atoms with Gasteiger partial charge in [0, 0.05) is 6.42 Å². The van der Waals surface area contributed by atoms with E-state index in [1.807, 2.05) is 6.08 Å². The number of aliphatic hydroxyl groups is 8. The van der Waals surface area contributed by atoms with E-state index in [0.29, 0.717) is 12.8 Å². The first-order valence-corrected chi connectivity index (χ1v) is 36.6. The van der Waals surface area contributed by atoms with Crippen molar-refractivity contribution in [2.24, 2.45) is 0 Å². The van der Waals surface area contributed by atoms with Crippen molar-refractivity contribution in [2.75, 3.05) is 19.8 Å². The first-order chi connectivity index (χ1) is 44.6. The zero-order chi connectivity index (χ0) is 65.9. The average Bonchev–Trinajstić information content (AvgIpc) is 1.06. The Kier molecular flexibility index (Phi) is 55.5. The van der Waals surface area contributed by atoms with Crippen molar-refractivity contribution in [1.29, 1.82) is 0 Å². The Morgan fingerprint density at radius 3 is 1.21 bits per heavy atom. The second kappa shape index (κ2) is 60.3. The van der Waals surface area contributed by atoms with Crippen molar-refractivity contribution in [3.63, 3.8) is 0 Å². The molecule has 0 aromatic rings. The molecule has 12 unspecified atom stereocenters. The van der Waals surface area contributed by atoms with Gasteiger partial charge in [0.05, 0.1) is 32.0 Å². The zero-order valence-electron chi connectivity index (χ0n) is 57.1. The molecule has 524 valence electrons. The highest BCUT2D eigenvalue weighted by Gasteiger charge is 2.51. The Bertz CT molecular complexity index is 1950. The molecule has 9 N–H and O–H groups in total. The summed E-state index contributed by atoms with van der Waals surface area (Å²) in [5.41, 5.74) is 0. The average molecular weight is 1280 g/mol. The van der Waals surface area contributed by atoms with Crippen molar-refractivity contribution in [3.8, 4) is 0 Å². The van der Waals surface area contributed by atoms with E-state index in [9.17, 15) is 45.6 Å². The fourth-order valence-corrected chi connectivity index (χ4v) is 11.4. The molecule has 2 aliphatic heterocycles. The largest absolute Gasteiger partial charge is 0.394 e. The van der Waals surface area contributed by atoms with Gasteiger partial charge in [-0.1, -0.05) is 290 Å². The molecule has 0 radical (unpaired) electrons. The molecule has 1 amide bonds. The minimum absolute atomic E-state index is 0.254. The second-order valence-electron chi connectivity index (χ2n) is 25.3. The lowest BCUT2D eigenvalue weighted by Crippen LogP contribution is -2.65. The number of hydrogen-bond acceptors (Lipinski definition) is 13. The summed E-state index contributed by atoms with van der Waals surface area (Å²) in [6.45, 7) is 2.68. The molecular formula is C77H133NO13. The zero-order valence-corrected chi connectivity index (χ0v) is 57.1. The molecule has 14 nitrogen and oxygen atoms in total. The van der Waals surface area contributed by atoms with Gasteiger partial charge in [0.15, 0.2) is 12.6 Å². The van der Waals surface area contributed by atoms with Gasteiger partial charge in [-0.25, -0.2) is 0 Å². The molecular weight excluding hydrogens is 1150 g/mol. The number of carbonyl (C=O) groups is 1. The second-order valence-corrected chi connectivity index (χ2v) is 25.3. The molecule has 14 heteroatoms. The van der Waals surface area contributed by atoms with Gasteiger partial charge in [-0.15, -0.1) is 0 Å². The van der Waals surface area contributed by atoms with E-state index in [4.69, 9.17) is 18.9 Å². The van der Waals surface area contributed by atoms with Crippen LogP contribution >= 0.6 is 0 Å². The van der Waals surface area contributed by atoms with E-state index >= 15 is 0 Å². The van der Waals surface area contributed by atoms with Crippen LogP contribution in [0.1, 0.15) is 277 Å². The van der Waals surface area contributed by atoms with E-state index < -0.39 is 86.8 Å². The summed E-state index contributed by atoms with van der Waals surface area (Å²) in [7, 11) is 0. The number of rotatable bonds is 59. The highest BCUT2D eigenvalue weighted by atomic mass is 16.7. The van der Waals surface area contributed by atoms with E-state index in [0.717, 1.165) is 103 Å². The summed E-state index contributed by atoms with van der Waals surface area (Å²) in [5.74, 6) is -0.262. The number of carbonyl (C=O) groups excluding carboxylic acids is 1. The molecule has 12 atom stereocenters. The smallest absolute Gasteiger partial charge is 0.220 e. The molecule has 0 aliphatic carbocycles. The normalized spacial score (nSPS) is 23.5. The van der Waals surface area contributed by atoms with Gasteiger partial charge >= 0.3 is 0 Å². The van der Waals surface area contributed by atoms with Crippen molar-refractivity contribution in [3.05, 3.63) is 109 Å². The van der Waals surface area contributed by atoms with Crippen LogP contribution in [0.4, 0.5) is 0 Å². The maximum absolute atomic E-state index is 13.3. The molecule has 0 saturated carbocycles. The quantitative estimate of drug-likeness (QED) is 0.0204. The fourth-order valence-electron chi connectivity index (χ4n) is 11.4. The molecule has 2 rings (SSSR count). The van der Waals surface area contributed by atoms with Crippen molar-refractivity contribution in [2.45, 2.75) is 351 Å². The van der Waals surface area contributed by atoms with E-state index in [1.165, 1.54) is 141 Å². The Balaban J connectivity index is 1.70. The molecule has 0 aromatic heterocycles. The number of amides is 1. The summed E-state index contributed by atoms with van der Waals surface area (Å²) in [6, 6.07) is -0.948. The Morgan fingerprint density at radius 2 is 0.769 bits per heavy atom. The lowest BCUT2D eigenvalue weighted by molar-refractivity contribution is -0.359. The van der Waals surface area contributed by atoms with Gasteiger partial charge < -0.3 is 65.1 Å². The highest BCUT2D eigenvalue weighted by Crippen LogP contribution is 2.30. The van der Waals surface area contributed by atoms with Gasteiger partial charge in [-0.2, -0.15) is 0 Å². The van der Waals surface area contributed by atoms with Crippen molar-refractivity contribution >= 4 is 5.91 Å². The van der Waals surface area contributed by atoms with Crippen molar-refractivity contribution in [1.82, 2.24) is 5.32 Å². The Hall–Kier alpha value is -3.35. The molecule has 0 spiro atoms. The third-order valence-electron chi connectivity index (χ3n) is 17.2. The maximum Gasteiger partial charge on any atom is 0.220 e. The van der Waals surface area contributed by atoms with Gasteiger partial charge in [0.1, 0.15) is 48.8 Å². The molecule has 0 aromatic carbocycles. The van der Waals surface area contributed by atoms with Gasteiger partial charge in [0.25, 0.3) is 0 Å². The first-order valence-electron chi connectivity index (χ1n) is 36.6. The van der Waals surface area contributed by atoms with Crippen LogP contribution in [-0.4, -0.2) is 140 Å². The van der Waals surface area contributed by atoms with E-state index in [2.05, 4.69) is 116 Å². The lowest BCUT2D eigenvalue weighted by Gasteiger charge is -2.46. The molecule has 2 fully saturated rings. The number of nitrogens with one attached hydrogen (secondary N) is 1. The minimum Gasteiger partial charge on any atom is -0.394 e. The van der Waals surface area contributed by atoms with Gasteiger partial charge in [-0.3, -0.25) is 4.79 Å². The van der Waals surface area contributed by atoms with E-state index in [1.54, 1.807) is 6.08 Å². The third-order valence-corrected chi connectivity index (χ3v) is 17.2. The molecule has 91 heavy (non-hydrogen) atoms. The summed E-state index contributed by atoms with van der Waals surface area (Å²) in [5, 5.41) is 87.5. The molecule has 0 bridgehead atoms. The predicted molar refractivity (Wildman–Crippen MR) is 373 cm³/mol. The van der Waals surface area contributed by atoms with Crippen molar-refractivity contribution < 1.29 is 64.6 Å². The van der Waals surface area contributed by atoms with Crippen LogP contribution in [0.2, 0.25) is 0 Å². The van der Waals surface area contributed by atoms with Crippen LogP contribution < -0.4 is 5.32 Å². The number of ether oxygens (including phenoxy) is 4. The van der Waals surface area contributed by atoms with Crippen LogP contribution in [0.3, 0.4) is 0 Å². The number of allylic oxidation sites excluding steroid dienone is 17. The lowest BCUT2D eigenvalue weighted by atomic mass is 9.97. The SMILES string of the molecule is CC/C=C\C/C=C\C/C=C\C/C=C\C/C=C\C/C=C\C/C=C\CCCCCCCCCC(=O)NC(COC1OC(CO)C(OC2OC(CO)C(O)C(O)C2O)C(O)C1O)C(O)/C=C/CC/C=C/CCCCCCCCCCCCCCCCCCCCCCCC. The summed E-state index contributed by atoms with van der Waals surface area (Å²) >= 11 is 0. The van der Waals surface area contributed by atoms with Crippen LogP contribution in [0.5, 0.6) is 0 Å². The predicted octanol–water partition coefficient (Wildman–Crippen LogP) is 15.5. The Morgan fingerprint density at radius 1 is 0.407 bits per heavy atom. The van der Waals surface area contributed by atoms with Crippen LogP contribution in [0, 0.1) is 0 Å². The van der Waals surface area contributed by atoms with Gasteiger partial charge in [0.2, 0.25) is 5.91 Å². The Labute approximate surface area is 553 Å². The standard InChI is InChI=1S/C77H133NO13/c1-3-5-7-9-11-13-15-17-19-21-23-25-27-29-31-33-35-37-39-41-43-45-47-49-51-53-55-57-59-61-69(82)78-65(64-88-76-74(87)72(85)75(68(63-80)90-76)91-77-73(86)71(84)70(83)67(62-79)89-77)66(81)60-58-56-54-52-50-48-46-44-42-40-38-36-34-32-30-28-26-24-22-20-18-16-14-12-10-8-6-4-2/h5,7,11,13,17,19,23,25,29,31,35,37,41,43,50,52,58,60,65-68,70-77,79-81,83-87H,3-4,6,8-10,12,14-16,18,20-22,24,26-28,30,32-34,36,38-40,42,44-49,51,53-57,59,61-64H2,1-2H3,(H,78,82)/b7-5-,13-11-,19-17-,25-23-,31-29-,37-35-,43-41-,52-50+,60-58+. The molecule has 2 saturated heterocycles. The van der Waals surface area contributed by atoms with Crippen LogP contribution in [0.15, 0.2) is 109 Å². The fraction of sp³-hybridized carbons (Fsp3) is 0.753. The minimum atomic E-state index is -1.80. The monoisotopic (exact) mass is 1280 g/mol. The summed E-state index contributed by atoms with van der Waals surface area (Å²) in [4.78, 5) is 13.3. The van der Waals surface area contributed by atoms with E-state index in [-0.39, 0.29) is 18.9 Å². The number of hydrogen-bond donors (Lipinski definition) is 9. The topological polar surface area (TPSA) is 228 Å². The third kappa shape index (κ3) is 44.1.